The normalized spacial score (nSPS) is 9.56. The second-order valence-electron chi connectivity index (χ2n) is 3.83. The maximum atomic E-state index is 11.9. The lowest BCUT2D eigenvalue weighted by atomic mass is 10.2. The van der Waals surface area contributed by atoms with Gasteiger partial charge in [-0.3, -0.25) is 9.78 Å². The Kier molecular flexibility index (Phi) is 3.35. The Labute approximate surface area is 105 Å². The molecule has 0 aliphatic heterocycles. The fourth-order valence-electron chi connectivity index (χ4n) is 1.43. The molecule has 1 aromatic carbocycles. The summed E-state index contributed by atoms with van der Waals surface area (Å²) in [4.78, 5) is 15.9. The van der Waals surface area contributed by atoms with E-state index in [4.69, 9.17) is 5.26 Å². The van der Waals surface area contributed by atoms with Gasteiger partial charge in [-0.1, -0.05) is 0 Å². The molecular weight excluding hydrogens is 226 g/mol. The summed E-state index contributed by atoms with van der Waals surface area (Å²) < 4.78 is 0. The minimum Gasteiger partial charge on any atom is -0.322 e. The van der Waals surface area contributed by atoms with Crippen LogP contribution < -0.4 is 5.32 Å². The van der Waals surface area contributed by atoms with E-state index >= 15 is 0 Å². The van der Waals surface area contributed by atoms with Gasteiger partial charge in [-0.25, -0.2) is 0 Å². The molecule has 2 rings (SSSR count). The van der Waals surface area contributed by atoms with Gasteiger partial charge in [0.15, 0.2) is 0 Å². The van der Waals surface area contributed by atoms with Gasteiger partial charge in [-0.15, -0.1) is 0 Å². The Bertz CT molecular complexity index is 594. The van der Waals surface area contributed by atoms with Gasteiger partial charge in [-0.2, -0.15) is 5.26 Å². The van der Waals surface area contributed by atoms with Crippen LogP contribution in [0.5, 0.6) is 0 Å². The molecule has 0 aliphatic rings. The van der Waals surface area contributed by atoms with Crippen molar-refractivity contribution in [3.63, 3.8) is 0 Å². The SMILES string of the molecule is Cc1ccc(C(=O)Nc2ccc(C#N)cc2)cn1. The number of hydrogen-bond acceptors (Lipinski definition) is 3. The molecule has 4 nitrogen and oxygen atoms in total. The highest BCUT2D eigenvalue weighted by Crippen LogP contribution is 2.10. The van der Waals surface area contributed by atoms with Crippen molar-refractivity contribution in [3.8, 4) is 6.07 Å². The summed E-state index contributed by atoms with van der Waals surface area (Å²) in [5.41, 5.74) is 2.58. The van der Waals surface area contributed by atoms with Crippen molar-refractivity contribution in [2.24, 2.45) is 0 Å². The molecule has 1 amide bonds. The first kappa shape index (κ1) is 11.8. The molecule has 0 spiro atoms. The van der Waals surface area contributed by atoms with Gasteiger partial charge in [0.1, 0.15) is 0 Å². The first-order valence-corrected chi connectivity index (χ1v) is 5.43. The number of nitrogens with zero attached hydrogens (tertiary/aromatic N) is 2. The molecule has 88 valence electrons. The van der Waals surface area contributed by atoms with Crippen molar-refractivity contribution < 1.29 is 4.79 Å². The Morgan fingerprint density at radius 2 is 1.94 bits per heavy atom. The van der Waals surface area contributed by atoms with Crippen LogP contribution in [0.25, 0.3) is 0 Å². The van der Waals surface area contributed by atoms with Gasteiger partial charge in [-0.05, 0) is 43.3 Å². The number of anilines is 1. The standard InChI is InChI=1S/C14H11N3O/c1-10-2-5-12(9-16-10)14(18)17-13-6-3-11(8-15)4-7-13/h2-7,9H,1H3,(H,17,18). The molecular formula is C14H11N3O. The van der Waals surface area contributed by atoms with E-state index in [2.05, 4.69) is 10.3 Å². The summed E-state index contributed by atoms with van der Waals surface area (Å²) in [7, 11) is 0. The van der Waals surface area contributed by atoms with E-state index < -0.39 is 0 Å². The fraction of sp³-hybridized carbons (Fsp3) is 0.0714. The van der Waals surface area contributed by atoms with E-state index in [0.717, 1.165) is 5.69 Å². The zero-order valence-electron chi connectivity index (χ0n) is 9.84. The average molecular weight is 237 g/mol. The van der Waals surface area contributed by atoms with E-state index in [9.17, 15) is 4.79 Å². The minimum absolute atomic E-state index is 0.216. The van der Waals surface area contributed by atoms with E-state index in [-0.39, 0.29) is 5.91 Å². The van der Waals surface area contributed by atoms with Gasteiger partial charge in [0, 0.05) is 17.6 Å². The topological polar surface area (TPSA) is 65.8 Å². The predicted molar refractivity (Wildman–Crippen MR) is 68.1 cm³/mol. The molecule has 1 heterocycles. The first-order chi connectivity index (χ1) is 8.69. The second-order valence-corrected chi connectivity index (χ2v) is 3.83. The molecule has 0 fully saturated rings. The van der Waals surface area contributed by atoms with Crippen molar-refractivity contribution in [1.29, 1.82) is 5.26 Å². The fourth-order valence-corrected chi connectivity index (χ4v) is 1.43. The molecule has 0 saturated heterocycles. The third-order valence-corrected chi connectivity index (χ3v) is 2.45. The Morgan fingerprint density at radius 3 is 2.50 bits per heavy atom. The number of aromatic nitrogens is 1. The summed E-state index contributed by atoms with van der Waals surface area (Å²) in [6.07, 6.45) is 1.54. The molecule has 1 N–H and O–H groups in total. The molecule has 0 unspecified atom stereocenters. The summed E-state index contributed by atoms with van der Waals surface area (Å²) in [6.45, 7) is 1.86. The number of nitrogens with one attached hydrogen (secondary N) is 1. The lowest BCUT2D eigenvalue weighted by Crippen LogP contribution is -2.12. The number of aryl methyl sites for hydroxylation is 1. The number of benzene rings is 1. The number of carbonyl (C=O) groups excluding carboxylic acids is 1. The lowest BCUT2D eigenvalue weighted by molar-refractivity contribution is 0.102. The summed E-state index contributed by atoms with van der Waals surface area (Å²) >= 11 is 0. The third-order valence-electron chi connectivity index (χ3n) is 2.45. The molecule has 4 heteroatoms. The number of carbonyl (C=O) groups is 1. The second kappa shape index (κ2) is 5.11. The third kappa shape index (κ3) is 2.71. The van der Waals surface area contributed by atoms with Crippen molar-refractivity contribution >= 4 is 11.6 Å². The molecule has 2 aromatic rings. The first-order valence-electron chi connectivity index (χ1n) is 5.43. The molecule has 0 radical (unpaired) electrons. The summed E-state index contributed by atoms with van der Waals surface area (Å²) in [5, 5.41) is 11.4. The van der Waals surface area contributed by atoms with Gasteiger partial charge in [0.05, 0.1) is 17.2 Å². The smallest absolute Gasteiger partial charge is 0.257 e. The minimum atomic E-state index is -0.216. The quantitative estimate of drug-likeness (QED) is 0.872. The maximum Gasteiger partial charge on any atom is 0.257 e. The Balaban J connectivity index is 2.11. The van der Waals surface area contributed by atoms with Gasteiger partial charge in [0.25, 0.3) is 5.91 Å². The maximum absolute atomic E-state index is 11.9. The van der Waals surface area contributed by atoms with Crippen molar-refractivity contribution in [2.75, 3.05) is 5.32 Å². The predicted octanol–water partition coefficient (Wildman–Crippen LogP) is 2.51. The van der Waals surface area contributed by atoms with Crippen molar-refractivity contribution in [2.45, 2.75) is 6.92 Å². The van der Waals surface area contributed by atoms with Crippen LogP contribution in [-0.2, 0) is 0 Å². The van der Waals surface area contributed by atoms with E-state index in [1.54, 1.807) is 36.4 Å². The van der Waals surface area contributed by atoms with Gasteiger partial charge >= 0.3 is 0 Å². The van der Waals surface area contributed by atoms with E-state index in [0.29, 0.717) is 16.8 Å². The van der Waals surface area contributed by atoms with Crippen LogP contribution >= 0.6 is 0 Å². The van der Waals surface area contributed by atoms with Crippen LogP contribution in [0.1, 0.15) is 21.6 Å². The number of rotatable bonds is 2. The van der Waals surface area contributed by atoms with E-state index in [1.165, 1.54) is 6.20 Å². The van der Waals surface area contributed by atoms with Crippen molar-refractivity contribution in [1.82, 2.24) is 4.98 Å². The Hall–Kier alpha value is -2.67. The number of nitriles is 1. The van der Waals surface area contributed by atoms with Gasteiger partial charge < -0.3 is 5.32 Å². The molecule has 18 heavy (non-hydrogen) atoms. The van der Waals surface area contributed by atoms with Crippen LogP contribution in [-0.4, -0.2) is 10.9 Å². The average Bonchev–Trinajstić information content (AvgIpc) is 2.40. The van der Waals surface area contributed by atoms with Crippen molar-refractivity contribution in [3.05, 3.63) is 59.4 Å². The molecule has 0 saturated carbocycles. The Morgan fingerprint density at radius 1 is 1.22 bits per heavy atom. The molecule has 0 aliphatic carbocycles. The number of amides is 1. The highest BCUT2D eigenvalue weighted by molar-refractivity contribution is 6.04. The summed E-state index contributed by atoms with van der Waals surface area (Å²) in [6, 6.07) is 12.2. The lowest BCUT2D eigenvalue weighted by Gasteiger charge is -2.05. The zero-order chi connectivity index (χ0) is 13.0. The summed E-state index contributed by atoms with van der Waals surface area (Å²) in [5.74, 6) is -0.216. The zero-order valence-corrected chi connectivity index (χ0v) is 9.84. The molecule has 1 aromatic heterocycles. The number of hydrogen-bond donors (Lipinski definition) is 1. The highest BCUT2D eigenvalue weighted by Gasteiger charge is 2.05. The van der Waals surface area contributed by atoms with Crippen LogP contribution in [0.3, 0.4) is 0 Å². The van der Waals surface area contributed by atoms with Crippen LogP contribution in [0.4, 0.5) is 5.69 Å². The van der Waals surface area contributed by atoms with E-state index in [1.807, 2.05) is 13.0 Å². The molecule has 0 atom stereocenters. The van der Waals surface area contributed by atoms with Crippen LogP contribution in [0.2, 0.25) is 0 Å². The highest BCUT2D eigenvalue weighted by atomic mass is 16.1. The van der Waals surface area contributed by atoms with Gasteiger partial charge in [0.2, 0.25) is 0 Å². The number of pyridine rings is 1. The molecule has 0 bridgehead atoms. The van der Waals surface area contributed by atoms with Crippen LogP contribution in [0.15, 0.2) is 42.6 Å². The monoisotopic (exact) mass is 237 g/mol. The largest absolute Gasteiger partial charge is 0.322 e. The van der Waals surface area contributed by atoms with Crippen LogP contribution in [0, 0.1) is 18.3 Å².